The summed E-state index contributed by atoms with van der Waals surface area (Å²) >= 11 is 0. The third-order valence-electron chi connectivity index (χ3n) is 5.11. The van der Waals surface area contributed by atoms with Crippen molar-refractivity contribution >= 4 is 11.6 Å². The summed E-state index contributed by atoms with van der Waals surface area (Å²) in [5.41, 5.74) is 2.58. The molecule has 2 aromatic rings. The number of rotatable bonds is 8. The second kappa shape index (κ2) is 10.6. The number of anilines is 1. The first-order valence-corrected chi connectivity index (χ1v) is 10.2. The zero-order valence-electron chi connectivity index (χ0n) is 17.0. The maximum atomic E-state index is 5.35. The smallest absolute Gasteiger partial charge is 0.191 e. The normalized spacial score (nSPS) is 16.9. The lowest BCUT2D eigenvalue weighted by atomic mass is 10.1. The van der Waals surface area contributed by atoms with Crippen LogP contribution in [0.15, 0.2) is 59.6 Å². The molecule has 2 aromatic carbocycles. The molecule has 0 bridgehead atoms. The maximum absolute atomic E-state index is 5.35. The number of hydrogen-bond donors (Lipinski definition) is 2. The van der Waals surface area contributed by atoms with Crippen LogP contribution in [-0.2, 0) is 6.42 Å². The Kier molecular flexibility index (Phi) is 7.59. The van der Waals surface area contributed by atoms with E-state index in [0.717, 1.165) is 50.9 Å². The third kappa shape index (κ3) is 5.91. The van der Waals surface area contributed by atoms with Crippen molar-refractivity contribution < 1.29 is 4.74 Å². The summed E-state index contributed by atoms with van der Waals surface area (Å²) in [6.07, 6.45) is 2.17. The van der Waals surface area contributed by atoms with Crippen molar-refractivity contribution in [3.63, 3.8) is 0 Å². The minimum atomic E-state index is 0.579. The van der Waals surface area contributed by atoms with Crippen LogP contribution < -0.4 is 20.3 Å². The van der Waals surface area contributed by atoms with E-state index in [1.54, 1.807) is 7.11 Å². The quantitative estimate of drug-likeness (QED) is 0.545. The Morgan fingerprint density at radius 3 is 2.79 bits per heavy atom. The van der Waals surface area contributed by atoms with E-state index in [2.05, 4.69) is 71.0 Å². The van der Waals surface area contributed by atoms with E-state index in [1.165, 1.54) is 17.7 Å². The van der Waals surface area contributed by atoms with Gasteiger partial charge in [0, 0.05) is 44.5 Å². The van der Waals surface area contributed by atoms with Crippen LogP contribution in [0.5, 0.6) is 5.75 Å². The van der Waals surface area contributed by atoms with Gasteiger partial charge in [-0.1, -0.05) is 36.4 Å². The summed E-state index contributed by atoms with van der Waals surface area (Å²) in [7, 11) is 1.72. The second-order valence-corrected chi connectivity index (χ2v) is 7.18. The van der Waals surface area contributed by atoms with Gasteiger partial charge in [-0.3, -0.25) is 4.99 Å². The van der Waals surface area contributed by atoms with Gasteiger partial charge in [0.05, 0.1) is 7.11 Å². The molecule has 1 atom stereocenters. The Morgan fingerprint density at radius 2 is 2.00 bits per heavy atom. The van der Waals surface area contributed by atoms with Gasteiger partial charge in [0.2, 0.25) is 0 Å². The fourth-order valence-corrected chi connectivity index (χ4v) is 3.56. The standard InChI is InChI=1S/C23H32N4O/c1-3-24-23(25-14-12-19-8-5-4-6-9-19)26-17-20-13-15-27(18-20)21-10-7-11-22(16-21)28-2/h4-11,16,20H,3,12-15,17-18H2,1-2H3,(H2,24,25,26). The highest BCUT2D eigenvalue weighted by Gasteiger charge is 2.22. The molecular weight excluding hydrogens is 348 g/mol. The molecule has 1 aliphatic rings. The Bertz CT molecular complexity index is 747. The molecule has 0 saturated carbocycles. The number of aliphatic imine (C=N–C) groups is 1. The summed E-state index contributed by atoms with van der Waals surface area (Å²) < 4.78 is 5.35. The van der Waals surface area contributed by atoms with Crippen LogP contribution in [0.1, 0.15) is 18.9 Å². The molecule has 2 N–H and O–H groups in total. The first kappa shape index (κ1) is 20.1. The van der Waals surface area contributed by atoms with Crippen molar-refractivity contribution in [1.82, 2.24) is 10.6 Å². The predicted octanol–water partition coefficient (Wildman–Crippen LogP) is 3.32. The molecule has 3 rings (SSSR count). The number of benzene rings is 2. The van der Waals surface area contributed by atoms with Gasteiger partial charge in [0.1, 0.15) is 5.75 Å². The van der Waals surface area contributed by atoms with Gasteiger partial charge in [-0.05, 0) is 43.4 Å². The van der Waals surface area contributed by atoms with Crippen molar-refractivity contribution in [3.8, 4) is 5.75 Å². The van der Waals surface area contributed by atoms with Crippen molar-refractivity contribution in [3.05, 3.63) is 60.2 Å². The van der Waals surface area contributed by atoms with Crippen molar-refractivity contribution in [1.29, 1.82) is 0 Å². The van der Waals surface area contributed by atoms with Gasteiger partial charge >= 0.3 is 0 Å². The lowest BCUT2D eigenvalue weighted by Gasteiger charge is -2.19. The summed E-state index contributed by atoms with van der Waals surface area (Å²) in [4.78, 5) is 7.26. The van der Waals surface area contributed by atoms with Crippen LogP contribution in [0, 0.1) is 5.92 Å². The molecule has 0 amide bonds. The molecule has 5 nitrogen and oxygen atoms in total. The van der Waals surface area contributed by atoms with Crippen LogP contribution >= 0.6 is 0 Å². The molecule has 1 aliphatic heterocycles. The number of methoxy groups -OCH3 is 1. The average Bonchev–Trinajstić information content (AvgIpc) is 3.22. The monoisotopic (exact) mass is 380 g/mol. The summed E-state index contributed by atoms with van der Waals surface area (Å²) in [6, 6.07) is 18.9. The number of nitrogens with zero attached hydrogens (tertiary/aromatic N) is 2. The minimum Gasteiger partial charge on any atom is -0.497 e. The highest BCUT2D eigenvalue weighted by Crippen LogP contribution is 2.26. The largest absolute Gasteiger partial charge is 0.497 e. The molecule has 0 aliphatic carbocycles. The third-order valence-corrected chi connectivity index (χ3v) is 5.11. The van der Waals surface area contributed by atoms with E-state index in [4.69, 9.17) is 9.73 Å². The Labute approximate surface area is 168 Å². The first-order chi connectivity index (χ1) is 13.8. The van der Waals surface area contributed by atoms with Crippen molar-refractivity contribution in [2.24, 2.45) is 10.9 Å². The van der Waals surface area contributed by atoms with Crippen molar-refractivity contribution in [2.75, 3.05) is 44.7 Å². The SMILES string of the molecule is CCNC(=NCC1CCN(c2cccc(OC)c2)C1)NCCc1ccccc1. The molecule has 1 saturated heterocycles. The highest BCUT2D eigenvalue weighted by atomic mass is 16.5. The molecule has 1 unspecified atom stereocenters. The molecule has 0 radical (unpaired) electrons. The predicted molar refractivity (Wildman–Crippen MR) is 117 cm³/mol. The summed E-state index contributed by atoms with van der Waals surface area (Å²) in [5.74, 6) is 2.41. The zero-order valence-corrected chi connectivity index (χ0v) is 17.0. The average molecular weight is 381 g/mol. The van der Waals surface area contributed by atoms with Crippen LogP contribution in [0.25, 0.3) is 0 Å². The van der Waals surface area contributed by atoms with Crippen LogP contribution in [0.2, 0.25) is 0 Å². The lowest BCUT2D eigenvalue weighted by Crippen LogP contribution is -2.38. The van der Waals surface area contributed by atoms with Crippen LogP contribution in [0.4, 0.5) is 5.69 Å². The summed E-state index contributed by atoms with van der Waals surface area (Å²) in [6.45, 7) is 6.83. The molecule has 1 fully saturated rings. The molecule has 28 heavy (non-hydrogen) atoms. The topological polar surface area (TPSA) is 48.9 Å². The fourth-order valence-electron chi connectivity index (χ4n) is 3.56. The Hall–Kier alpha value is -2.69. The van der Waals surface area contributed by atoms with Gasteiger partial charge in [0.15, 0.2) is 5.96 Å². The van der Waals surface area contributed by atoms with E-state index in [1.807, 2.05) is 6.07 Å². The highest BCUT2D eigenvalue weighted by molar-refractivity contribution is 5.79. The summed E-state index contributed by atoms with van der Waals surface area (Å²) in [5, 5.41) is 6.82. The second-order valence-electron chi connectivity index (χ2n) is 7.18. The van der Waals surface area contributed by atoms with Gasteiger partial charge in [-0.25, -0.2) is 0 Å². The van der Waals surface area contributed by atoms with Gasteiger partial charge in [-0.2, -0.15) is 0 Å². The Morgan fingerprint density at radius 1 is 1.14 bits per heavy atom. The number of guanidine groups is 1. The van der Waals surface area contributed by atoms with Gasteiger partial charge in [-0.15, -0.1) is 0 Å². The zero-order chi connectivity index (χ0) is 19.6. The van der Waals surface area contributed by atoms with E-state index in [-0.39, 0.29) is 0 Å². The van der Waals surface area contributed by atoms with Gasteiger partial charge in [0.25, 0.3) is 0 Å². The molecule has 0 aromatic heterocycles. The molecule has 1 heterocycles. The number of nitrogens with one attached hydrogen (secondary N) is 2. The van der Waals surface area contributed by atoms with E-state index < -0.39 is 0 Å². The minimum absolute atomic E-state index is 0.579. The van der Waals surface area contributed by atoms with E-state index >= 15 is 0 Å². The molecule has 150 valence electrons. The molecule has 5 heteroatoms. The van der Waals surface area contributed by atoms with Gasteiger partial charge < -0.3 is 20.3 Å². The number of hydrogen-bond acceptors (Lipinski definition) is 3. The number of ether oxygens (including phenoxy) is 1. The maximum Gasteiger partial charge on any atom is 0.191 e. The van der Waals surface area contributed by atoms with Crippen LogP contribution in [0.3, 0.4) is 0 Å². The van der Waals surface area contributed by atoms with Crippen LogP contribution in [-0.4, -0.2) is 45.8 Å². The first-order valence-electron chi connectivity index (χ1n) is 10.2. The Balaban J connectivity index is 1.49. The lowest BCUT2D eigenvalue weighted by molar-refractivity contribution is 0.415. The van der Waals surface area contributed by atoms with E-state index in [0.29, 0.717) is 5.92 Å². The fraction of sp³-hybridized carbons (Fsp3) is 0.435. The van der Waals surface area contributed by atoms with Crippen molar-refractivity contribution in [2.45, 2.75) is 19.8 Å². The van der Waals surface area contributed by atoms with E-state index in [9.17, 15) is 0 Å². The molecular formula is C23H32N4O. The molecule has 0 spiro atoms.